The monoisotopic (exact) mass is 323 g/mol. The Morgan fingerprint density at radius 3 is 2.68 bits per heavy atom. The molecule has 0 radical (unpaired) electrons. The zero-order valence-corrected chi connectivity index (χ0v) is 14.2. The molecule has 1 aromatic rings. The standard InChI is InChI=1S/C17H25NO3S/c1-21-17-9-7-15(8-10-17)5-3-11-18-12-4-6-16(13-18)14-22(2,19)20/h3,5,7-10,16H,4,6,11-14H2,1-2H3/b5-3+. The number of rotatable bonds is 6. The van der Waals surface area contributed by atoms with Gasteiger partial charge in [0.2, 0.25) is 0 Å². The van der Waals surface area contributed by atoms with Crippen molar-refractivity contribution in [1.29, 1.82) is 0 Å². The summed E-state index contributed by atoms with van der Waals surface area (Å²) in [5.41, 5.74) is 1.14. The first-order valence-electron chi connectivity index (χ1n) is 7.67. The molecular formula is C17H25NO3S. The van der Waals surface area contributed by atoms with Crippen LogP contribution < -0.4 is 4.74 Å². The van der Waals surface area contributed by atoms with Crippen LogP contribution >= 0.6 is 0 Å². The number of hydrogen-bond acceptors (Lipinski definition) is 4. The van der Waals surface area contributed by atoms with Crippen molar-refractivity contribution in [3.8, 4) is 5.75 Å². The predicted octanol–water partition coefficient (Wildman–Crippen LogP) is 2.47. The molecule has 1 aromatic carbocycles. The van der Waals surface area contributed by atoms with Crippen LogP contribution in [-0.2, 0) is 9.84 Å². The van der Waals surface area contributed by atoms with Crippen LogP contribution in [0.4, 0.5) is 0 Å². The van der Waals surface area contributed by atoms with Gasteiger partial charge >= 0.3 is 0 Å². The van der Waals surface area contributed by atoms with Gasteiger partial charge in [0, 0.05) is 19.3 Å². The molecule has 1 fully saturated rings. The van der Waals surface area contributed by atoms with Gasteiger partial charge in [-0.05, 0) is 43.0 Å². The number of piperidine rings is 1. The van der Waals surface area contributed by atoms with Crippen molar-refractivity contribution < 1.29 is 13.2 Å². The predicted molar refractivity (Wildman–Crippen MR) is 90.9 cm³/mol. The van der Waals surface area contributed by atoms with Gasteiger partial charge in [0.15, 0.2) is 0 Å². The van der Waals surface area contributed by atoms with Gasteiger partial charge in [0.05, 0.1) is 12.9 Å². The summed E-state index contributed by atoms with van der Waals surface area (Å²) in [7, 11) is -1.21. The molecule has 4 nitrogen and oxygen atoms in total. The quantitative estimate of drug-likeness (QED) is 0.807. The summed E-state index contributed by atoms with van der Waals surface area (Å²) >= 11 is 0. The van der Waals surface area contributed by atoms with E-state index in [4.69, 9.17) is 4.74 Å². The van der Waals surface area contributed by atoms with Crippen molar-refractivity contribution in [3.05, 3.63) is 35.9 Å². The molecular weight excluding hydrogens is 298 g/mol. The Labute approximate surface area is 133 Å². The minimum absolute atomic E-state index is 0.276. The fraction of sp³-hybridized carbons (Fsp3) is 0.529. The smallest absolute Gasteiger partial charge is 0.147 e. The number of sulfone groups is 1. The van der Waals surface area contributed by atoms with Crippen LogP contribution in [0.3, 0.4) is 0 Å². The summed E-state index contributed by atoms with van der Waals surface area (Å²) in [5.74, 6) is 1.45. The summed E-state index contributed by atoms with van der Waals surface area (Å²) in [6, 6.07) is 7.95. The summed E-state index contributed by atoms with van der Waals surface area (Å²) in [6.45, 7) is 2.79. The number of benzene rings is 1. The molecule has 22 heavy (non-hydrogen) atoms. The van der Waals surface area contributed by atoms with E-state index in [0.717, 1.165) is 43.8 Å². The lowest BCUT2D eigenvalue weighted by Gasteiger charge is -2.31. The van der Waals surface area contributed by atoms with E-state index < -0.39 is 9.84 Å². The van der Waals surface area contributed by atoms with Crippen molar-refractivity contribution in [2.24, 2.45) is 5.92 Å². The number of ether oxygens (including phenoxy) is 1. The first kappa shape index (κ1) is 17.0. The average Bonchev–Trinajstić information content (AvgIpc) is 2.47. The highest BCUT2D eigenvalue weighted by Gasteiger charge is 2.22. The van der Waals surface area contributed by atoms with Crippen molar-refractivity contribution in [2.75, 3.05) is 38.8 Å². The fourth-order valence-electron chi connectivity index (χ4n) is 2.93. The van der Waals surface area contributed by atoms with E-state index in [2.05, 4.69) is 17.1 Å². The second kappa shape index (κ2) is 7.79. The van der Waals surface area contributed by atoms with E-state index in [0.29, 0.717) is 5.75 Å². The molecule has 0 N–H and O–H groups in total. The fourth-order valence-corrected chi connectivity index (χ4v) is 4.06. The Balaban J connectivity index is 1.83. The van der Waals surface area contributed by atoms with E-state index >= 15 is 0 Å². The van der Waals surface area contributed by atoms with Gasteiger partial charge < -0.3 is 4.74 Å². The molecule has 0 saturated carbocycles. The van der Waals surface area contributed by atoms with Gasteiger partial charge in [0.25, 0.3) is 0 Å². The number of hydrogen-bond donors (Lipinski definition) is 0. The van der Waals surface area contributed by atoms with Gasteiger partial charge in [0.1, 0.15) is 15.6 Å². The highest BCUT2D eigenvalue weighted by molar-refractivity contribution is 7.90. The summed E-state index contributed by atoms with van der Waals surface area (Å²) in [6.07, 6.45) is 7.67. The maximum Gasteiger partial charge on any atom is 0.147 e. The number of likely N-dealkylation sites (tertiary alicyclic amines) is 1. The number of methoxy groups -OCH3 is 1. The van der Waals surface area contributed by atoms with Crippen LogP contribution in [-0.4, -0.2) is 52.1 Å². The third kappa shape index (κ3) is 5.81. The SMILES string of the molecule is COc1ccc(/C=C/CN2CCCC(CS(C)(=O)=O)C2)cc1. The van der Waals surface area contributed by atoms with Crippen LogP contribution in [0.5, 0.6) is 5.75 Å². The van der Waals surface area contributed by atoms with Crippen LogP contribution in [0, 0.1) is 5.92 Å². The zero-order valence-electron chi connectivity index (χ0n) is 13.4. The third-order valence-electron chi connectivity index (χ3n) is 3.93. The van der Waals surface area contributed by atoms with Crippen LogP contribution in [0.15, 0.2) is 30.3 Å². The first-order valence-corrected chi connectivity index (χ1v) is 9.73. The largest absolute Gasteiger partial charge is 0.497 e. The molecule has 1 aliphatic rings. The molecule has 0 spiro atoms. The second-order valence-corrected chi connectivity index (χ2v) is 8.22. The van der Waals surface area contributed by atoms with E-state index in [9.17, 15) is 8.42 Å². The molecule has 0 bridgehead atoms. The summed E-state index contributed by atoms with van der Waals surface area (Å²) < 4.78 is 28.0. The number of nitrogens with zero attached hydrogens (tertiary/aromatic N) is 1. The molecule has 122 valence electrons. The molecule has 1 unspecified atom stereocenters. The Morgan fingerprint density at radius 2 is 2.05 bits per heavy atom. The van der Waals surface area contributed by atoms with Crippen molar-refractivity contribution in [1.82, 2.24) is 4.90 Å². The van der Waals surface area contributed by atoms with E-state index in [1.807, 2.05) is 24.3 Å². The second-order valence-electron chi connectivity index (χ2n) is 6.04. The van der Waals surface area contributed by atoms with Crippen molar-refractivity contribution >= 4 is 15.9 Å². The Bertz CT molecular complexity index is 593. The van der Waals surface area contributed by atoms with E-state index in [1.54, 1.807) is 7.11 Å². The van der Waals surface area contributed by atoms with Crippen LogP contribution in [0.2, 0.25) is 0 Å². The molecule has 2 rings (SSSR count). The molecule has 1 heterocycles. The molecule has 1 aliphatic heterocycles. The molecule has 0 amide bonds. The Hall–Kier alpha value is -1.33. The van der Waals surface area contributed by atoms with E-state index in [1.165, 1.54) is 6.26 Å². The first-order chi connectivity index (χ1) is 10.5. The molecule has 5 heteroatoms. The lowest BCUT2D eigenvalue weighted by molar-refractivity contribution is 0.203. The normalized spacial score (nSPS) is 20.4. The minimum atomic E-state index is -2.87. The van der Waals surface area contributed by atoms with Gasteiger partial charge in [-0.25, -0.2) is 8.42 Å². The summed E-state index contributed by atoms with van der Waals surface area (Å²) in [5, 5.41) is 0. The van der Waals surface area contributed by atoms with Gasteiger partial charge in [-0.2, -0.15) is 0 Å². The topological polar surface area (TPSA) is 46.6 Å². The van der Waals surface area contributed by atoms with Crippen LogP contribution in [0.1, 0.15) is 18.4 Å². The van der Waals surface area contributed by atoms with Crippen molar-refractivity contribution in [3.63, 3.8) is 0 Å². The highest BCUT2D eigenvalue weighted by atomic mass is 32.2. The zero-order chi connectivity index (χ0) is 16.0. The summed E-state index contributed by atoms with van der Waals surface area (Å²) in [4.78, 5) is 2.33. The maximum absolute atomic E-state index is 11.4. The molecule has 0 aromatic heterocycles. The minimum Gasteiger partial charge on any atom is -0.497 e. The maximum atomic E-state index is 11.4. The molecule has 1 saturated heterocycles. The lowest BCUT2D eigenvalue weighted by Crippen LogP contribution is -2.38. The van der Waals surface area contributed by atoms with E-state index in [-0.39, 0.29) is 5.92 Å². The molecule has 1 atom stereocenters. The Kier molecular flexibility index (Phi) is 6.03. The van der Waals surface area contributed by atoms with Crippen molar-refractivity contribution in [2.45, 2.75) is 12.8 Å². The lowest BCUT2D eigenvalue weighted by atomic mass is 10.00. The van der Waals surface area contributed by atoms with Gasteiger partial charge in [-0.1, -0.05) is 24.3 Å². The van der Waals surface area contributed by atoms with Crippen LogP contribution in [0.25, 0.3) is 6.08 Å². The molecule has 0 aliphatic carbocycles. The van der Waals surface area contributed by atoms with Gasteiger partial charge in [-0.15, -0.1) is 0 Å². The van der Waals surface area contributed by atoms with Gasteiger partial charge in [-0.3, -0.25) is 4.90 Å². The Morgan fingerprint density at radius 1 is 1.32 bits per heavy atom. The third-order valence-corrected chi connectivity index (χ3v) is 5.01. The average molecular weight is 323 g/mol. The highest BCUT2D eigenvalue weighted by Crippen LogP contribution is 2.18.